The maximum atomic E-state index is 12.4. The summed E-state index contributed by atoms with van der Waals surface area (Å²) in [4.78, 5) is 10.3. The van der Waals surface area contributed by atoms with Gasteiger partial charge in [-0.3, -0.25) is 14.8 Å². The molecule has 0 bridgehead atoms. The summed E-state index contributed by atoms with van der Waals surface area (Å²) in [7, 11) is 1.67. The smallest absolute Gasteiger partial charge is 0.387 e. The quantitative estimate of drug-likeness (QED) is 0.605. The van der Waals surface area contributed by atoms with Crippen LogP contribution in [0.1, 0.15) is 5.56 Å². The Balaban J connectivity index is 2.27. The second-order valence-electron chi connectivity index (χ2n) is 4.01. The zero-order chi connectivity index (χ0) is 15.4. The van der Waals surface area contributed by atoms with Gasteiger partial charge in [-0.15, -0.1) is 5.10 Å². The van der Waals surface area contributed by atoms with E-state index in [0.29, 0.717) is 0 Å². The Hall–Kier alpha value is -2.71. The molecule has 0 aliphatic carbocycles. The van der Waals surface area contributed by atoms with Gasteiger partial charge in [0.25, 0.3) is 5.69 Å². The molecule has 0 N–H and O–H groups in total. The Labute approximate surface area is 117 Å². The highest BCUT2D eigenvalue weighted by atomic mass is 19.3. The largest absolute Gasteiger partial charge is 0.471 e. The highest BCUT2D eigenvalue weighted by Gasteiger charge is 2.21. The first-order valence-corrected chi connectivity index (χ1v) is 5.81. The molecule has 0 atom stereocenters. The van der Waals surface area contributed by atoms with E-state index in [1.165, 1.54) is 22.9 Å². The van der Waals surface area contributed by atoms with Crippen molar-refractivity contribution < 1.29 is 23.2 Å². The van der Waals surface area contributed by atoms with Gasteiger partial charge < -0.3 is 9.47 Å². The Bertz CT molecular complexity index is 645. The predicted octanol–water partition coefficient (Wildman–Crippen LogP) is 2.51. The van der Waals surface area contributed by atoms with Crippen molar-refractivity contribution in [3.05, 3.63) is 46.1 Å². The van der Waals surface area contributed by atoms with Gasteiger partial charge in [0.15, 0.2) is 0 Å². The molecule has 2 aromatic rings. The molecule has 21 heavy (non-hydrogen) atoms. The number of alkyl halides is 2. The lowest BCUT2D eigenvalue weighted by molar-refractivity contribution is -0.385. The number of aromatic nitrogens is 2. The summed E-state index contributed by atoms with van der Waals surface area (Å²) in [5.41, 5.74) is -0.433. The second-order valence-corrected chi connectivity index (χ2v) is 4.01. The minimum Gasteiger partial charge on any atom is -0.471 e. The molecule has 0 fully saturated rings. The van der Waals surface area contributed by atoms with E-state index in [2.05, 4.69) is 9.84 Å². The molecule has 1 aromatic carbocycles. The van der Waals surface area contributed by atoms with Gasteiger partial charge in [-0.1, -0.05) is 6.07 Å². The van der Waals surface area contributed by atoms with Crippen LogP contribution in [0.2, 0.25) is 0 Å². The molecule has 2 rings (SSSR count). The van der Waals surface area contributed by atoms with E-state index in [1.807, 2.05) is 0 Å². The Morgan fingerprint density at radius 3 is 2.76 bits per heavy atom. The van der Waals surface area contributed by atoms with E-state index in [0.717, 1.165) is 0 Å². The molecule has 0 aliphatic rings. The van der Waals surface area contributed by atoms with Crippen molar-refractivity contribution in [3.63, 3.8) is 0 Å². The van der Waals surface area contributed by atoms with Crippen LogP contribution in [0.4, 0.5) is 14.5 Å². The first-order valence-electron chi connectivity index (χ1n) is 5.81. The molecular formula is C12H11F2N3O4. The lowest BCUT2D eigenvalue weighted by atomic mass is 10.1. The summed E-state index contributed by atoms with van der Waals surface area (Å²) < 4.78 is 35.7. The number of rotatable bonds is 6. The standard InChI is InChI=1S/C12H11F2N3O4/c1-16-6-5-11(15-16)20-7-8-9(17(18)19)3-2-4-10(8)21-12(13)14/h2-6,12H,7H2,1H3. The fourth-order valence-corrected chi connectivity index (χ4v) is 1.69. The van der Waals surface area contributed by atoms with Crippen molar-refractivity contribution in [2.75, 3.05) is 0 Å². The second kappa shape index (κ2) is 6.16. The van der Waals surface area contributed by atoms with Crippen LogP contribution in [0.3, 0.4) is 0 Å². The molecular weight excluding hydrogens is 288 g/mol. The average molecular weight is 299 g/mol. The zero-order valence-electron chi connectivity index (χ0n) is 10.9. The van der Waals surface area contributed by atoms with Gasteiger partial charge in [0.05, 0.1) is 4.92 Å². The normalized spacial score (nSPS) is 10.7. The number of nitro benzene ring substituents is 1. The van der Waals surface area contributed by atoms with E-state index >= 15 is 0 Å². The Morgan fingerprint density at radius 2 is 2.19 bits per heavy atom. The van der Waals surface area contributed by atoms with Gasteiger partial charge in [-0.25, -0.2) is 0 Å². The fourth-order valence-electron chi connectivity index (χ4n) is 1.69. The van der Waals surface area contributed by atoms with E-state index in [-0.39, 0.29) is 29.5 Å². The lowest BCUT2D eigenvalue weighted by Gasteiger charge is -2.11. The minimum atomic E-state index is -3.08. The van der Waals surface area contributed by atoms with Crippen molar-refractivity contribution in [3.8, 4) is 11.6 Å². The summed E-state index contributed by atoms with van der Waals surface area (Å²) in [6, 6.07) is 5.22. The topological polar surface area (TPSA) is 79.4 Å². The molecule has 112 valence electrons. The summed E-state index contributed by atoms with van der Waals surface area (Å²) in [5.74, 6) is -0.0752. The average Bonchev–Trinajstić information content (AvgIpc) is 2.82. The van der Waals surface area contributed by atoms with Crippen LogP contribution in [0, 0.1) is 10.1 Å². The van der Waals surface area contributed by atoms with Crippen molar-refractivity contribution in [2.45, 2.75) is 13.2 Å². The molecule has 0 unspecified atom stereocenters. The van der Waals surface area contributed by atoms with Crippen molar-refractivity contribution in [1.82, 2.24) is 9.78 Å². The molecule has 1 heterocycles. The third kappa shape index (κ3) is 3.65. The van der Waals surface area contributed by atoms with Crippen molar-refractivity contribution in [1.29, 1.82) is 0 Å². The Kier molecular flexibility index (Phi) is 4.31. The molecule has 0 radical (unpaired) electrons. The maximum absolute atomic E-state index is 12.4. The summed E-state index contributed by atoms with van der Waals surface area (Å²) in [6.45, 7) is -3.39. The monoisotopic (exact) mass is 299 g/mol. The molecule has 9 heteroatoms. The van der Waals surface area contributed by atoms with E-state index in [4.69, 9.17) is 4.74 Å². The molecule has 1 aromatic heterocycles. The molecule has 0 saturated heterocycles. The SMILES string of the molecule is Cn1ccc(OCc2c(OC(F)F)cccc2[N+](=O)[O-])n1. The highest BCUT2D eigenvalue weighted by Crippen LogP contribution is 2.30. The van der Waals surface area contributed by atoms with E-state index < -0.39 is 11.5 Å². The highest BCUT2D eigenvalue weighted by molar-refractivity contribution is 5.49. The molecule has 7 nitrogen and oxygen atoms in total. The lowest BCUT2D eigenvalue weighted by Crippen LogP contribution is -2.08. The minimum absolute atomic E-state index is 0.0755. The summed E-state index contributed by atoms with van der Waals surface area (Å²) in [5, 5.41) is 14.9. The van der Waals surface area contributed by atoms with Crippen LogP contribution < -0.4 is 9.47 Å². The third-order valence-corrected chi connectivity index (χ3v) is 2.57. The fraction of sp³-hybridized carbons (Fsp3) is 0.250. The van der Waals surface area contributed by atoms with Gasteiger partial charge in [0, 0.05) is 25.4 Å². The summed E-state index contributed by atoms with van der Waals surface area (Å²) in [6.07, 6.45) is 1.62. The van der Waals surface area contributed by atoms with Gasteiger partial charge >= 0.3 is 6.61 Å². The third-order valence-electron chi connectivity index (χ3n) is 2.57. The van der Waals surface area contributed by atoms with Crippen LogP contribution in [0.25, 0.3) is 0 Å². The molecule has 0 saturated carbocycles. The molecule has 0 amide bonds. The van der Waals surface area contributed by atoms with Crippen LogP contribution in [-0.2, 0) is 13.7 Å². The number of aryl methyl sites for hydroxylation is 1. The van der Waals surface area contributed by atoms with Gasteiger partial charge in [0.1, 0.15) is 17.9 Å². The van der Waals surface area contributed by atoms with Gasteiger partial charge in [0.2, 0.25) is 5.88 Å². The number of nitro groups is 1. The van der Waals surface area contributed by atoms with Crippen LogP contribution in [0.15, 0.2) is 30.5 Å². The van der Waals surface area contributed by atoms with E-state index in [1.54, 1.807) is 19.3 Å². The number of ether oxygens (including phenoxy) is 2. The number of halogens is 2. The van der Waals surface area contributed by atoms with Crippen LogP contribution in [0.5, 0.6) is 11.6 Å². The first-order chi connectivity index (χ1) is 9.97. The Morgan fingerprint density at radius 1 is 1.43 bits per heavy atom. The molecule has 0 aliphatic heterocycles. The zero-order valence-corrected chi connectivity index (χ0v) is 10.9. The van der Waals surface area contributed by atoms with Gasteiger partial charge in [-0.05, 0) is 6.07 Å². The van der Waals surface area contributed by atoms with Crippen LogP contribution in [-0.4, -0.2) is 21.3 Å². The number of nitrogens with zero attached hydrogens (tertiary/aromatic N) is 3. The predicted molar refractivity (Wildman–Crippen MR) is 67.3 cm³/mol. The number of hydrogen-bond acceptors (Lipinski definition) is 5. The van der Waals surface area contributed by atoms with Crippen molar-refractivity contribution >= 4 is 5.69 Å². The van der Waals surface area contributed by atoms with Crippen LogP contribution >= 0.6 is 0 Å². The number of benzene rings is 1. The number of hydrogen-bond donors (Lipinski definition) is 0. The summed E-state index contributed by atoms with van der Waals surface area (Å²) >= 11 is 0. The molecule has 0 spiro atoms. The first kappa shape index (κ1) is 14.7. The van der Waals surface area contributed by atoms with Crippen molar-refractivity contribution in [2.24, 2.45) is 7.05 Å². The van der Waals surface area contributed by atoms with E-state index in [9.17, 15) is 18.9 Å². The van der Waals surface area contributed by atoms with Gasteiger partial charge in [-0.2, -0.15) is 8.78 Å². The maximum Gasteiger partial charge on any atom is 0.387 e.